The second-order valence-electron chi connectivity index (χ2n) is 11.7. The molecule has 1 aromatic heterocycles. The third-order valence-corrected chi connectivity index (χ3v) is 9.13. The summed E-state index contributed by atoms with van der Waals surface area (Å²) in [5, 5.41) is 0.624. The van der Waals surface area contributed by atoms with Crippen LogP contribution in [0.4, 0.5) is 0 Å². The van der Waals surface area contributed by atoms with Crippen molar-refractivity contribution in [3.63, 3.8) is 0 Å². The number of rotatable bonds is 7. The number of hydrogen-bond acceptors (Lipinski definition) is 7. The fourth-order valence-corrected chi connectivity index (χ4v) is 7.17. The Hall–Kier alpha value is -2.55. The smallest absolute Gasteiger partial charge is 0.341 e. The van der Waals surface area contributed by atoms with Crippen LogP contribution in [-0.2, 0) is 27.9 Å². The van der Waals surface area contributed by atoms with Gasteiger partial charge in [-0.2, -0.15) is 13.4 Å². The standard InChI is InChI=1S/C30H39N3O4S/c1-17(2)21-10-25(18(3)4)29(26(11-21)19(5)6)38(34,35)37-30-27-12-22-14-33(24-8-9-36-16-24)15-23(22)13-28(27)31-20(7)32-30/h10-13,17-19,24H,8-9,14-16H2,1-7H3. The molecule has 0 bridgehead atoms. The first kappa shape index (κ1) is 27.0. The van der Waals surface area contributed by atoms with Crippen LogP contribution < -0.4 is 4.18 Å². The minimum atomic E-state index is -4.17. The van der Waals surface area contributed by atoms with E-state index >= 15 is 0 Å². The maximum absolute atomic E-state index is 14.0. The van der Waals surface area contributed by atoms with Crippen LogP contribution in [0.5, 0.6) is 5.88 Å². The summed E-state index contributed by atoms with van der Waals surface area (Å²) in [6.45, 7) is 17.3. The molecule has 0 amide bonds. The number of aromatic nitrogens is 2. The first-order valence-electron chi connectivity index (χ1n) is 13.7. The summed E-state index contributed by atoms with van der Waals surface area (Å²) in [6.07, 6.45) is 1.03. The molecular formula is C30H39N3O4S. The van der Waals surface area contributed by atoms with Crippen LogP contribution in [0.3, 0.4) is 0 Å². The predicted molar refractivity (Wildman–Crippen MR) is 149 cm³/mol. The summed E-state index contributed by atoms with van der Waals surface area (Å²) >= 11 is 0. The highest BCUT2D eigenvalue weighted by atomic mass is 32.2. The predicted octanol–water partition coefficient (Wildman–Crippen LogP) is 6.18. The van der Waals surface area contributed by atoms with Crippen molar-refractivity contribution in [2.75, 3.05) is 13.2 Å². The summed E-state index contributed by atoms with van der Waals surface area (Å²) in [5.41, 5.74) is 5.77. The molecule has 1 unspecified atom stereocenters. The molecule has 0 spiro atoms. The summed E-state index contributed by atoms with van der Waals surface area (Å²) in [4.78, 5) is 11.8. The molecule has 7 nitrogen and oxygen atoms in total. The molecule has 2 aromatic carbocycles. The van der Waals surface area contributed by atoms with Crippen molar-refractivity contribution in [1.82, 2.24) is 14.9 Å². The molecule has 204 valence electrons. The molecule has 38 heavy (non-hydrogen) atoms. The van der Waals surface area contributed by atoms with Gasteiger partial charge < -0.3 is 8.92 Å². The number of nitrogens with zero attached hydrogens (tertiary/aromatic N) is 3. The number of benzene rings is 2. The Morgan fingerprint density at radius 1 is 0.921 bits per heavy atom. The quantitative estimate of drug-likeness (QED) is 0.333. The highest BCUT2D eigenvalue weighted by Crippen LogP contribution is 2.38. The molecular weight excluding hydrogens is 498 g/mol. The van der Waals surface area contributed by atoms with Gasteiger partial charge >= 0.3 is 10.1 Å². The molecule has 1 saturated heterocycles. The normalized spacial score (nSPS) is 18.3. The van der Waals surface area contributed by atoms with Crippen LogP contribution in [0.2, 0.25) is 0 Å². The minimum Gasteiger partial charge on any atom is -0.380 e. The topological polar surface area (TPSA) is 81.6 Å². The van der Waals surface area contributed by atoms with Crippen molar-refractivity contribution >= 4 is 21.0 Å². The Balaban J connectivity index is 1.59. The Kier molecular flexibility index (Phi) is 7.26. The molecule has 3 heterocycles. The van der Waals surface area contributed by atoms with Gasteiger partial charge in [-0.1, -0.05) is 53.7 Å². The summed E-state index contributed by atoms with van der Waals surface area (Å²) in [7, 11) is -4.17. The zero-order valence-corrected chi connectivity index (χ0v) is 24.4. The van der Waals surface area contributed by atoms with Crippen molar-refractivity contribution in [2.45, 2.75) is 96.7 Å². The molecule has 1 atom stereocenters. The van der Waals surface area contributed by atoms with E-state index in [2.05, 4.69) is 34.8 Å². The molecule has 2 aliphatic heterocycles. The fourth-order valence-electron chi connectivity index (χ4n) is 5.59. The Bertz CT molecular complexity index is 1450. The molecule has 1 fully saturated rings. The van der Waals surface area contributed by atoms with E-state index in [1.54, 1.807) is 6.92 Å². The Morgan fingerprint density at radius 2 is 1.55 bits per heavy atom. The van der Waals surface area contributed by atoms with Gasteiger partial charge in [0.05, 0.1) is 17.5 Å². The number of fused-ring (bicyclic) bond motifs is 2. The largest absolute Gasteiger partial charge is 0.380 e. The van der Waals surface area contributed by atoms with Crippen molar-refractivity contribution in [3.8, 4) is 5.88 Å². The molecule has 5 rings (SSSR count). The Labute approximate surface area is 226 Å². The SMILES string of the molecule is Cc1nc(OS(=O)(=O)c2c(C(C)C)cc(C(C)C)cc2C(C)C)c2cc3c(cc2n1)CN(C1CCOC1)C3. The summed E-state index contributed by atoms with van der Waals surface area (Å²) < 4.78 is 39.6. The van der Waals surface area contributed by atoms with Crippen LogP contribution in [0.15, 0.2) is 29.2 Å². The first-order valence-corrected chi connectivity index (χ1v) is 15.1. The third-order valence-electron chi connectivity index (χ3n) is 7.78. The first-order chi connectivity index (χ1) is 17.9. The molecule has 0 aliphatic carbocycles. The highest BCUT2D eigenvalue weighted by molar-refractivity contribution is 7.87. The maximum Gasteiger partial charge on any atom is 0.341 e. The van der Waals surface area contributed by atoms with Crippen molar-refractivity contribution in [1.29, 1.82) is 0 Å². The maximum atomic E-state index is 14.0. The lowest BCUT2D eigenvalue weighted by molar-refractivity contribution is 0.143. The van der Waals surface area contributed by atoms with Gasteiger partial charge in [-0.15, -0.1) is 0 Å². The van der Waals surface area contributed by atoms with Gasteiger partial charge in [0.2, 0.25) is 5.88 Å². The van der Waals surface area contributed by atoms with Crippen molar-refractivity contribution < 1.29 is 17.3 Å². The van der Waals surface area contributed by atoms with Gasteiger partial charge in [0.1, 0.15) is 10.7 Å². The third kappa shape index (κ3) is 5.06. The zero-order valence-electron chi connectivity index (χ0n) is 23.5. The van der Waals surface area contributed by atoms with E-state index in [9.17, 15) is 8.42 Å². The van der Waals surface area contributed by atoms with Gasteiger partial charge in [0.15, 0.2) is 0 Å². The lowest BCUT2D eigenvalue weighted by Gasteiger charge is -2.22. The van der Waals surface area contributed by atoms with Gasteiger partial charge in [-0.3, -0.25) is 4.90 Å². The minimum absolute atomic E-state index is 0.0114. The molecule has 0 N–H and O–H groups in total. The van der Waals surface area contributed by atoms with E-state index in [0.717, 1.165) is 55.0 Å². The molecule has 2 aliphatic rings. The van der Waals surface area contributed by atoms with E-state index < -0.39 is 10.1 Å². The fraction of sp³-hybridized carbons (Fsp3) is 0.533. The lowest BCUT2D eigenvalue weighted by Crippen LogP contribution is -2.30. The van der Waals surface area contributed by atoms with Crippen molar-refractivity contribution in [3.05, 3.63) is 57.9 Å². The molecule has 0 saturated carbocycles. The van der Waals surface area contributed by atoms with Gasteiger partial charge in [0, 0.05) is 25.7 Å². The van der Waals surface area contributed by atoms with E-state index in [1.807, 2.05) is 45.9 Å². The lowest BCUT2D eigenvalue weighted by atomic mass is 9.89. The van der Waals surface area contributed by atoms with Crippen LogP contribution in [0.1, 0.15) is 99.4 Å². The van der Waals surface area contributed by atoms with Gasteiger partial charge in [0.25, 0.3) is 0 Å². The number of ether oxygens (including phenoxy) is 1. The van der Waals surface area contributed by atoms with Gasteiger partial charge in [-0.05, 0) is 71.0 Å². The average Bonchev–Trinajstić information content (AvgIpc) is 3.51. The summed E-state index contributed by atoms with van der Waals surface area (Å²) in [6, 6.07) is 8.53. The average molecular weight is 538 g/mol. The molecule has 0 radical (unpaired) electrons. The summed E-state index contributed by atoms with van der Waals surface area (Å²) in [5.74, 6) is 0.878. The second-order valence-corrected chi connectivity index (χ2v) is 13.1. The van der Waals surface area contributed by atoms with Crippen LogP contribution in [0, 0.1) is 6.92 Å². The van der Waals surface area contributed by atoms with E-state index in [0.29, 0.717) is 22.8 Å². The van der Waals surface area contributed by atoms with Crippen LogP contribution in [0.25, 0.3) is 10.9 Å². The zero-order chi connectivity index (χ0) is 27.4. The van der Waals surface area contributed by atoms with Crippen LogP contribution >= 0.6 is 0 Å². The number of aryl methyl sites for hydroxylation is 1. The monoisotopic (exact) mass is 537 g/mol. The van der Waals surface area contributed by atoms with E-state index in [-0.39, 0.29) is 28.5 Å². The highest BCUT2D eigenvalue weighted by Gasteiger charge is 2.32. The molecule has 8 heteroatoms. The van der Waals surface area contributed by atoms with Crippen molar-refractivity contribution in [2.24, 2.45) is 0 Å². The van der Waals surface area contributed by atoms with E-state index in [1.165, 1.54) is 5.56 Å². The molecule has 3 aromatic rings. The van der Waals surface area contributed by atoms with Crippen LogP contribution in [-0.4, -0.2) is 42.5 Å². The van der Waals surface area contributed by atoms with E-state index in [4.69, 9.17) is 8.92 Å². The Morgan fingerprint density at radius 3 is 2.11 bits per heavy atom. The van der Waals surface area contributed by atoms with Gasteiger partial charge in [-0.25, -0.2) is 4.98 Å². The second kappa shape index (κ2) is 10.2. The number of hydrogen-bond donors (Lipinski definition) is 0.